The van der Waals surface area contributed by atoms with E-state index < -0.39 is 5.91 Å². The highest BCUT2D eigenvalue weighted by Crippen LogP contribution is 2.32. The third-order valence-corrected chi connectivity index (χ3v) is 4.43. The Bertz CT molecular complexity index is 1110. The fourth-order valence-corrected chi connectivity index (χ4v) is 2.92. The third-order valence-electron chi connectivity index (χ3n) is 4.43. The fraction of sp³-hybridized carbons (Fsp3) is 0.0435. The summed E-state index contributed by atoms with van der Waals surface area (Å²) in [5.74, 6) is -0.546. The smallest absolute Gasteiger partial charge is 0.291 e. The van der Waals surface area contributed by atoms with E-state index in [0.29, 0.717) is 22.6 Å². The molecule has 0 atom stereocenters. The maximum absolute atomic E-state index is 13.7. The summed E-state index contributed by atoms with van der Waals surface area (Å²) < 4.78 is 19.4. The first-order valence-corrected chi connectivity index (χ1v) is 9.02. The van der Waals surface area contributed by atoms with Crippen molar-refractivity contribution in [3.05, 3.63) is 101 Å². The molecule has 2 amide bonds. The number of benzene rings is 3. The summed E-state index contributed by atoms with van der Waals surface area (Å²) in [5, 5.41) is 5.41. The normalized spacial score (nSPS) is 14.0. The van der Waals surface area contributed by atoms with Crippen LogP contribution in [0.2, 0.25) is 0 Å². The lowest BCUT2D eigenvalue weighted by molar-refractivity contribution is -0.115. The Morgan fingerprint density at radius 2 is 1.79 bits per heavy atom. The van der Waals surface area contributed by atoms with Gasteiger partial charge in [0.05, 0.1) is 5.69 Å². The second kappa shape index (κ2) is 7.98. The molecule has 3 aromatic rings. The maximum atomic E-state index is 13.7. The lowest BCUT2D eigenvalue weighted by Crippen LogP contribution is -2.26. The summed E-state index contributed by atoms with van der Waals surface area (Å²) in [4.78, 5) is 24.7. The Labute approximate surface area is 166 Å². The Kier molecular flexibility index (Phi) is 5.07. The zero-order valence-corrected chi connectivity index (χ0v) is 15.3. The van der Waals surface area contributed by atoms with Gasteiger partial charge in [0.2, 0.25) is 0 Å². The van der Waals surface area contributed by atoms with Crippen LogP contribution < -0.4 is 15.4 Å². The predicted octanol–water partition coefficient (Wildman–Crippen LogP) is 4.13. The van der Waals surface area contributed by atoms with Gasteiger partial charge in [0, 0.05) is 17.7 Å². The zero-order chi connectivity index (χ0) is 20.2. The van der Waals surface area contributed by atoms with Crippen molar-refractivity contribution in [3.63, 3.8) is 0 Å². The molecule has 0 aromatic heterocycles. The van der Waals surface area contributed by atoms with Crippen molar-refractivity contribution in [1.29, 1.82) is 0 Å². The largest absolute Gasteiger partial charge is 0.449 e. The molecule has 1 aliphatic heterocycles. The SMILES string of the molecule is O=C1Nc2cc(C(=O)NCc3ccccc3F)ccc2O/C1=C\c1ccccc1. The molecule has 144 valence electrons. The quantitative estimate of drug-likeness (QED) is 0.661. The van der Waals surface area contributed by atoms with E-state index in [0.717, 1.165) is 5.56 Å². The van der Waals surface area contributed by atoms with E-state index in [9.17, 15) is 14.0 Å². The van der Waals surface area contributed by atoms with Gasteiger partial charge in [-0.25, -0.2) is 4.39 Å². The topological polar surface area (TPSA) is 67.4 Å². The number of carbonyl (C=O) groups is 2. The van der Waals surface area contributed by atoms with Crippen LogP contribution in [0, 0.1) is 5.82 Å². The minimum atomic E-state index is -0.398. The summed E-state index contributed by atoms with van der Waals surface area (Å²) in [7, 11) is 0. The molecule has 0 bridgehead atoms. The molecule has 0 unspecified atom stereocenters. The van der Waals surface area contributed by atoms with Crippen LogP contribution in [0.25, 0.3) is 6.08 Å². The molecule has 29 heavy (non-hydrogen) atoms. The number of halogens is 1. The first kappa shape index (κ1) is 18.4. The van der Waals surface area contributed by atoms with Gasteiger partial charge in [-0.2, -0.15) is 0 Å². The molecule has 0 saturated heterocycles. The molecule has 1 aliphatic rings. The highest BCUT2D eigenvalue weighted by molar-refractivity contribution is 6.09. The number of rotatable bonds is 4. The molecule has 0 aliphatic carbocycles. The van der Waals surface area contributed by atoms with Crippen LogP contribution >= 0.6 is 0 Å². The van der Waals surface area contributed by atoms with Crippen molar-refractivity contribution >= 4 is 23.6 Å². The van der Waals surface area contributed by atoms with E-state index in [1.54, 1.807) is 36.4 Å². The first-order chi connectivity index (χ1) is 14.1. The lowest BCUT2D eigenvalue weighted by atomic mass is 10.1. The number of fused-ring (bicyclic) bond motifs is 1. The summed E-state index contributed by atoms with van der Waals surface area (Å²) in [6.07, 6.45) is 1.65. The molecule has 3 aromatic carbocycles. The number of hydrogen-bond acceptors (Lipinski definition) is 3. The number of ether oxygens (including phenoxy) is 1. The van der Waals surface area contributed by atoms with E-state index in [1.165, 1.54) is 12.1 Å². The van der Waals surface area contributed by atoms with Crippen LogP contribution in [-0.4, -0.2) is 11.8 Å². The van der Waals surface area contributed by atoms with Gasteiger partial charge in [-0.3, -0.25) is 9.59 Å². The Morgan fingerprint density at radius 1 is 1.03 bits per heavy atom. The molecular formula is C23H17FN2O3. The lowest BCUT2D eigenvalue weighted by Gasteiger charge is -2.20. The first-order valence-electron chi connectivity index (χ1n) is 9.02. The van der Waals surface area contributed by atoms with Gasteiger partial charge in [-0.1, -0.05) is 48.5 Å². The van der Waals surface area contributed by atoms with Gasteiger partial charge in [-0.05, 0) is 35.9 Å². The average molecular weight is 388 g/mol. The maximum Gasteiger partial charge on any atom is 0.291 e. The minimum absolute atomic E-state index is 0.0649. The van der Waals surface area contributed by atoms with E-state index in [1.807, 2.05) is 30.3 Å². The van der Waals surface area contributed by atoms with Gasteiger partial charge < -0.3 is 15.4 Å². The Hall–Kier alpha value is -3.93. The summed E-state index contributed by atoms with van der Waals surface area (Å²) >= 11 is 0. The van der Waals surface area contributed by atoms with Crippen LogP contribution in [0.3, 0.4) is 0 Å². The van der Waals surface area contributed by atoms with Crippen LogP contribution in [0.4, 0.5) is 10.1 Å². The number of nitrogens with one attached hydrogen (secondary N) is 2. The second-order valence-electron chi connectivity index (χ2n) is 6.46. The second-order valence-corrected chi connectivity index (χ2v) is 6.46. The van der Waals surface area contributed by atoms with Gasteiger partial charge in [0.1, 0.15) is 5.82 Å². The molecular weight excluding hydrogens is 371 g/mol. The summed E-state index contributed by atoms with van der Waals surface area (Å²) in [6.45, 7) is 0.0649. The molecule has 0 fully saturated rings. The van der Waals surface area contributed by atoms with Crippen LogP contribution in [-0.2, 0) is 11.3 Å². The van der Waals surface area contributed by atoms with Crippen molar-refractivity contribution in [2.75, 3.05) is 5.32 Å². The number of anilines is 1. The fourth-order valence-electron chi connectivity index (χ4n) is 2.92. The van der Waals surface area contributed by atoms with E-state index in [4.69, 9.17) is 4.74 Å². The van der Waals surface area contributed by atoms with Gasteiger partial charge in [0.25, 0.3) is 11.8 Å². The van der Waals surface area contributed by atoms with Crippen molar-refractivity contribution in [2.24, 2.45) is 0 Å². The molecule has 6 heteroatoms. The van der Waals surface area contributed by atoms with Crippen molar-refractivity contribution in [2.45, 2.75) is 6.54 Å². The van der Waals surface area contributed by atoms with Crippen molar-refractivity contribution < 1.29 is 18.7 Å². The van der Waals surface area contributed by atoms with E-state index >= 15 is 0 Å². The van der Waals surface area contributed by atoms with Gasteiger partial charge >= 0.3 is 0 Å². The predicted molar refractivity (Wildman–Crippen MR) is 108 cm³/mol. The van der Waals surface area contributed by atoms with E-state index in [-0.39, 0.29) is 24.0 Å². The molecule has 0 spiro atoms. The molecule has 0 saturated carbocycles. The highest BCUT2D eigenvalue weighted by atomic mass is 19.1. The Morgan fingerprint density at radius 3 is 2.59 bits per heavy atom. The monoisotopic (exact) mass is 388 g/mol. The average Bonchev–Trinajstić information content (AvgIpc) is 2.74. The highest BCUT2D eigenvalue weighted by Gasteiger charge is 2.23. The molecule has 4 rings (SSSR count). The third kappa shape index (κ3) is 4.16. The molecule has 2 N–H and O–H groups in total. The number of amides is 2. The number of hydrogen-bond donors (Lipinski definition) is 2. The minimum Gasteiger partial charge on any atom is -0.449 e. The van der Waals surface area contributed by atoms with Gasteiger partial charge in [-0.15, -0.1) is 0 Å². The Balaban J connectivity index is 1.49. The standard InChI is InChI=1S/C23H17FN2O3/c24-18-9-5-4-8-17(18)14-25-22(27)16-10-11-20-19(13-16)26-23(28)21(29-20)12-15-6-2-1-3-7-15/h1-13H,14H2,(H,25,27)(H,26,28)/b21-12-. The van der Waals surface area contributed by atoms with Gasteiger partial charge in [0.15, 0.2) is 11.5 Å². The zero-order valence-electron chi connectivity index (χ0n) is 15.3. The van der Waals surface area contributed by atoms with Crippen LogP contribution in [0.1, 0.15) is 21.5 Å². The molecule has 0 radical (unpaired) electrons. The summed E-state index contributed by atoms with van der Waals surface area (Å²) in [5.41, 5.74) is 1.97. The van der Waals surface area contributed by atoms with E-state index in [2.05, 4.69) is 10.6 Å². The van der Waals surface area contributed by atoms with Crippen molar-refractivity contribution in [1.82, 2.24) is 5.32 Å². The van der Waals surface area contributed by atoms with Crippen LogP contribution in [0.15, 0.2) is 78.6 Å². The molecule has 5 nitrogen and oxygen atoms in total. The summed E-state index contributed by atoms with van der Waals surface area (Å²) in [6, 6.07) is 20.3. The number of carbonyl (C=O) groups excluding carboxylic acids is 2. The molecule has 1 heterocycles. The van der Waals surface area contributed by atoms with Crippen LogP contribution in [0.5, 0.6) is 5.75 Å². The van der Waals surface area contributed by atoms with Crippen molar-refractivity contribution in [3.8, 4) is 5.75 Å².